The molecule has 0 spiro atoms. The Morgan fingerprint density at radius 1 is 1.25 bits per heavy atom. The Hall–Kier alpha value is -2.96. The van der Waals surface area contributed by atoms with Gasteiger partial charge in [0.2, 0.25) is 5.91 Å². The zero-order valence-electron chi connectivity index (χ0n) is 17.3. The third-order valence-electron chi connectivity index (χ3n) is 5.06. The van der Waals surface area contributed by atoms with Crippen LogP contribution in [-0.4, -0.2) is 32.6 Å². The minimum absolute atomic E-state index is 0.0274. The Labute approximate surface area is 165 Å². The molecule has 2 aromatic heterocycles. The maximum Gasteiger partial charge on any atom is 0.252 e. The number of carbonyl (C=O) groups is 1. The normalized spacial score (nSPS) is 11.2. The SMILES string of the molecule is COc1cc(C)c(NC(=O)CCc2c(C)nc3ncnn3c2C)cc1C(C)C. The van der Waals surface area contributed by atoms with E-state index in [9.17, 15) is 4.79 Å². The molecule has 0 aliphatic heterocycles. The van der Waals surface area contributed by atoms with Gasteiger partial charge in [0.25, 0.3) is 5.78 Å². The van der Waals surface area contributed by atoms with Gasteiger partial charge in [-0.05, 0) is 61.9 Å². The summed E-state index contributed by atoms with van der Waals surface area (Å²) in [6.45, 7) is 10.1. The fraction of sp³-hybridized carbons (Fsp3) is 0.429. The van der Waals surface area contributed by atoms with Crippen LogP contribution < -0.4 is 10.1 Å². The van der Waals surface area contributed by atoms with Gasteiger partial charge >= 0.3 is 0 Å². The number of fused-ring (bicyclic) bond motifs is 1. The summed E-state index contributed by atoms with van der Waals surface area (Å²) in [6.07, 6.45) is 2.45. The van der Waals surface area contributed by atoms with Gasteiger partial charge in [-0.2, -0.15) is 10.1 Å². The van der Waals surface area contributed by atoms with Crippen molar-refractivity contribution in [2.45, 2.75) is 53.4 Å². The Morgan fingerprint density at radius 3 is 2.68 bits per heavy atom. The number of ether oxygens (including phenoxy) is 1. The summed E-state index contributed by atoms with van der Waals surface area (Å²) in [5, 5.41) is 7.25. The molecule has 7 heteroatoms. The van der Waals surface area contributed by atoms with E-state index in [0.29, 0.717) is 24.5 Å². The van der Waals surface area contributed by atoms with Gasteiger partial charge in [0, 0.05) is 23.5 Å². The van der Waals surface area contributed by atoms with Gasteiger partial charge in [-0.1, -0.05) is 13.8 Å². The molecule has 1 N–H and O–H groups in total. The summed E-state index contributed by atoms with van der Waals surface area (Å²) < 4.78 is 7.19. The Morgan fingerprint density at radius 2 is 2.00 bits per heavy atom. The number of amides is 1. The maximum atomic E-state index is 12.6. The highest BCUT2D eigenvalue weighted by Crippen LogP contribution is 2.32. The average Bonchev–Trinajstić information content (AvgIpc) is 3.11. The van der Waals surface area contributed by atoms with Gasteiger partial charge in [0.05, 0.1) is 7.11 Å². The van der Waals surface area contributed by atoms with Crippen molar-refractivity contribution in [1.82, 2.24) is 19.6 Å². The maximum absolute atomic E-state index is 12.6. The van der Waals surface area contributed by atoms with Crippen molar-refractivity contribution in [2.24, 2.45) is 0 Å². The fourth-order valence-corrected chi connectivity index (χ4v) is 3.43. The molecular weight excluding hydrogens is 354 g/mol. The number of aromatic nitrogens is 4. The topological polar surface area (TPSA) is 81.4 Å². The van der Waals surface area contributed by atoms with Crippen molar-refractivity contribution in [2.75, 3.05) is 12.4 Å². The number of hydrogen-bond acceptors (Lipinski definition) is 5. The number of nitrogens with one attached hydrogen (secondary N) is 1. The van der Waals surface area contributed by atoms with Crippen LogP contribution in [0, 0.1) is 20.8 Å². The van der Waals surface area contributed by atoms with Gasteiger partial charge in [-0.25, -0.2) is 9.50 Å². The van der Waals surface area contributed by atoms with E-state index in [1.807, 2.05) is 32.9 Å². The molecule has 0 aliphatic carbocycles. The van der Waals surface area contributed by atoms with Crippen molar-refractivity contribution in [3.63, 3.8) is 0 Å². The highest BCUT2D eigenvalue weighted by Gasteiger charge is 2.15. The predicted molar refractivity (Wildman–Crippen MR) is 109 cm³/mol. The molecule has 2 heterocycles. The summed E-state index contributed by atoms with van der Waals surface area (Å²) in [5.41, 5.74) is 5.77. The van der Waals surface area contributed by atoms with E-state index in [4.69, 9.17) is 4.74 Å². The molecule has 7 nitrogen and oxygen atoms in total. The molecular formula is C21H27N5O2. The second-order valence-electron chi connectivity index (χ2n) is 7.34. The Balaban J connectivity index is 1.76. The minimum Gasteiger partial charge on any atom is -0.496 e. The van der Waals surface area contributed by atoms with Crippen LogP contribution in [0.5, 0.6) is 5.75 Å². The molecule has 0 atom stereocenters. The van der Waals surface area contributed by atoms with E-state index < -0.39 is 0 Å². The molecule has 0 bridgehead atoms. The molecule has 0 fully saturated rings. The Bertz CT molecular complexity index is 1020. The average molecular weight is 381 g/mol. The predicted octanol–water partition coefficient (Wildman–Crippen LogP) is 3.75. The number of anilines is 1. The first kappa shape index (κ1) is 19.8. The van der Waals surface area contributed by atoms with E-state index in [1.165, 1.54) is 6.33 Å². The van der Waals surface area contributed by atoms with Crippen molar-refractivity contribution in [3.8, 4) is 5.75 Å². The molecule has 0 saturated carbocycles. The number of carbonyl (C=O) groups excluding carboxylic acids is 1. The van der Waals surface area contributed by atoms with Gasteiger partial charge < -0.3 is 10.1 Å². The molecule has 0 radical (unpaired) electrons. The largest absolute Gasteiger partial charge is 0.496 e. The molecule has 0 saturated heterocycles. The zero-order valence-corrected chi connectivity index (χ0v) is 17.3. The standard InChI is InChI=1S/C21H27N5O2/c1-12(2)17-10-18(13(3)9-19(17)28-6)25-20(27)8-7-16-14(4)24-21-22-11-23-26(21)15(16)5/h9-12H,7-8H2,1-6H3,(H,25,27). The quantitative estimate of drug-likeness (QED) is 0.703. The van der Waals surface area contributed by atoms with Crippen LogP contribution in [-0.2, 0) is 11.2 Å². The lowest BCUT2D eigenvalue weighted by molar-refractivity contribution is -0.116. The number of aryl methyl sites for hydroxylation is 3. The van der Waals surface area contributed by atoms with Crippen molar-refractivity contribution in [3.05, 3.63) is 46.5 Å². The van der Waals surface area contributed by atoms with E-state index in [1.54, 1.807) is 11.6 Å². The smallest absolute Gasteiger partial charge is 0.252 e. The van der Waals surface area contributed by atoms with Crippen molar-refractivity contribution in [1.29, 1.82) is 0 Å². The monoisotopic (exact) mass is 381 g/mol. The number of hydrogen-bond donors (Lipinski definition) is 1. The third kappa shape index (κ3) is 3.83. The lowest BCUT2D eigenvalue weighted by atomic mass is 9.99. The molecule has 3 rings (SSSR count). The molecule has 1 aromatic carbocycles. The Kier molecular flexibility index (Phi) is 5.63. The summed E-state index contributed by atoms with van der Waals surface area (Å²) in [4.78, 5) is 21.2. The first-order valence-corrected chi connectivity index (χ1v) is 9.46. The van der Waals surface area contributed by atoms with E-state index in [-0.39, 0.29) is 5.91 Å². The lowest BCUT2D eigenvalue weighted by Gasteiger charge is -2.17. The van der Waals surface area contributed by atoms with E-state index in [2.05, 4.69) is 34.2 Å². The summed E-state index contributed by atoms with van der Waals surface area (Å²) in [6, 6.07) is 3.98. The molecule has 148 valence electrons. The highest BCUT2D eigenvalue weighted by atomic mass is 16.5. The van der Waals surface area contributed by atoms with Gasteiger partial charge in [-0.3, -0.25) is 4.79 Å². The van der Waals surface area contributed by atoms with Crippen LogP contribution in [0.3, 0.4) is 0 Å². The van der Waals surface area contributed by atoms with Crippen molar-refractivity contribution < 1.29 is 9.53 Å². The third-order valence-corrected chi connectivity index (χ3v) is 5.06. The van der Waals surface area contributed by atoms with Gasteiger partial charge in [0.1, 0.15) is 12.1 Å². The summed E-state index contributed by atoms with van der Waals surface area (Å²) in [5.74, 6) is 1.71. The minimum atomic E-state index is -0.0274. The van der Waals surface area contributed by atoms with Crippen LogP contribution in [0.2, 0.25) is 0 Å². The van der Waals surface area contributed by atoms with Gasteiger partial charge in [0.15, 0.2) is 0 Å². The zero-order chi connectivity index (χ0) is 20.4. The lowest BCUT2D eigenvalue weighted by Crippen LogP contribution is -2.15. The van der Waals surface area contributed by atoms with Crippen molar-refractivity contribution >= 4 is 17.4 Å². The molecule has 0 unspecified atom stereocenters. The van der Waals surface area contributed by atoms with Crippen LogP contribution in [0.25, 0.3) is 5.78 Å². The van der Waals surface area contributed by atoms with Crippen LogP contribution in [0.1, 0.15) is 54.3 Å². The number of benzene rings is 1. The van der Waals surface area contributed by atoms with Crippen LogP contribution in [0.4, 0.5) is 5.69 Å². The second kappa shape index (κ2) is 7.96. The van der Waals surface area contributed by atoms with E-state index >= 15 is 0 Å². The first-order valence-electron chi connectivity index (χ1n) is 9.46. The number of methoxy groups -OCH3 is 1. The molecule has 0 aliphatic rings. The van der Waals surface area contributed by atoms with Crippen LogP contribution >= 0.6 is 0 Å². The molecule has 3 aromatic rings. The summed E-state index contributed by atoms with van der Waals surface area (Å²) >= 11 is 0. The second-order valence-corrected chi connectivity index (χ2v) is 7.34. The van der Waals surface area contributed by atoms with Crippen LogP contribution in [0.15, 0.2) is 18.5 Å². The fourth-order valence-electron chi connectivity index (χ4n) is 3.43. The number of rotatable bonds is 6. The molecule has 28 heavy (non-hydrogen) atoms. The molecule has 1 amide bonds. The summed E-state index contributed by atoms with van der Waals surface area (Å²) in [7, 11) is 1.67. The van der Waals surface area contributed by atoms with Gasteiger partial charge in [-0.15, -0.1) is 0 Å². The number of nitrogens with zero attached hydrogens (tertiary/aromatic N) is 4. The highest BCUT2D eigenvalue weighted by molar-refractivity contribution is 5.92. The first-order chi connectivity index (χ1) is 13.3. The van der Waals surface area contributed by atoms with E-state index in [0.717, 1.165) is 39.5 Å².